The molecule has 1 aromatic heterocycles. The second-order valence-electron chi connectivity index (χ2n) is 4.20. The van der Waals surface area contributed by atoms with E-state index in [1.165, 1.54) is 0 Å². The fourth-order valence-electron chi connectivity index (χ4n) is 2.20. The Hall–Kier alpha value is -1.42. The highest BCUT2D eigenvalue weighted by Gasteiger charge is 2.22. The van der Waals surface area contributed by atoms with E-state index in [2.05, 4.69) is 11.1 Å². The van der Waals surface area contributed by atoms with Crippen LogP contribution in [-0.2, 0) is 4.79 Å². The van der Waals surface area contributed by atoms with Crippen LogP contribution in [0, 0.1) is 0 Å². The SMILES string of the molecule is O=C(O)CN1CCC(c2ccccn2)CC1. The summed E-state index contributed by atoms with van der Waals surface area (Å²) in [7, 11) is 0. The van der Waals surface area contributed by atoms with E-state index in [1.807, 2.05) is 23.2 Å². The average Bonchev–Trinajstić information content (AvgIpc) is 2.30. The molecule has 4 heteroatoms. The minimum absolute atomic E-state index is 0.162. The van der Waals surface area contributed by atoms with Gasteiger partial charge in [-0.15, -0.1) is 0 Å². The van der Waals surface area contributed by atoms with Crippen LogP contribution in [0.5, 0.6) is 0 Å². The van der Waals surface area contributed by atoms with Gasteiger partial charge in [-0.25, -0.2) is 0 Å². The number of aromatic nitrogens is 1. The number of hydrogen-bond donors (Lipinski definition) is 1. The third-order valence-electron chi connectivity index (χ3n) is 3.05. The first-order valence-electron chi connectivity index (χ1n) is 5.61. The van der Waals surface area contributed by atoms with Crippen molar-refractivity contribution in [3.8, 4) is 0 Å². The van der Waals surface area contributed by atoms with Crippen LogP contribution in [0.3, 0.4) is 0 Å². The largest absolute Gasteiger partial charge is 0.480 e. The van der Waals surface area contributed by atoms with E-state index in [0.717, 1.165) is 31.6 Å². The van der Waals surface area contributed by atoms with E-state index in [-0.39, 0.29) is 6.54 Å². The van der Waals surface area contributed by atoms with Crippen molar-refractivity contribution in [3.63, 3.8) is 0 Å². The van der Waals surface area contributed by atoms with Crippen LogP contribution >= 0.6 is 0 Å². The summed E-state index contributed by atoms with van der Waals surface area (Å²) in [6.45, 7) is 1.87. The molecule has 0 amide bonds. The predicted octanol–water partition coefficient (Wildman–Crippen LogP) is 1.35. The quantitative estimate of drug-likeness (QED) is 0.835. The third kappa shape index (κ3) is 2.79. The standard InChI is InChI=1S/C12H16N2O2/c15-12(16)9-14-7-4-10(5-8-14)11-3-1-2-6-13-11/h1-3,6,10H,4-5,7-9H2,(H,15,16). The smallest absolute Gasteiger partial charge is 0.317 e. The first-order valence-corrected chi connectivity index (χ1v) is 5.61. The van der Waals surface area contributed by atoms with E-state index >= 15 is 0 Å². The molecule has 2 heterocycles. The fraction of sp³-hybridized carbons (Fsp3) is 0.500. The molecule has 0 spiro atoms. The number of aliphatic carboxylic acids is 1. The molecule has 1 aliphatic heterocycles. The minimum atomic E-state index is -0.740. The summed E-state index contributed by atoms with van der Waals surface area (Å²) in [5.41, 5.74) is 1.14. The van der Waals surface area contributed by atoms with Gasteiger partial charge in [-0.1, -0.05) is 6.07 Å². The zero-order chi connectivity index (χ0) is 11.4. The van der Waals surface area contributed by atoms with Crippen LogP contribution in [0.1, 0.15) is 24.5 Å². The van der Waals surface area contributed by atoms with Crippen LogP contribution in [0.2, 0.25) is 0 Å². The van der Waals surface area contributed by atoms with Crippen LogP contribution in [-0.4, -0.2) is 40.6 Å². The van der Waals surface area contributed by atoms with Crippen molar-refractivity contribution >= 4 is 5.97 Å². The maximum atomic E-state index is 10.6. The molecule has 1 N–H and O–H groups in total. The molecular formula is C12H16N2O2. The Kier molecular flexibility index (Phi) is 3.51. The van der Waals surface area contributed by atoms with E-state index in [9.17, 15) is 4.79 Å². The molecule has 0 unspecified atom stereocenters. The Labute approximate surface area is 94.9 Å². The fourth-order valence-corrected chi connectivity index (χ4v) is 2.20. The van der Waals surface area contributed by atoms with Gasteiger partial charge < -0.3 is 5.11 Å². The summed E-state index contributed by atoms with van der Waals surface area (Å²) < 4.78 is 0. The molecular weight excluding hydrogens is 204 g/mol. The number of hydrogen-bond acceptors (Lipinski definition) is 3. The topological polar surface area (TPSA) is 53.4 Å². The molecule has 1 saturated heterocycles. The highest BCUT2D eigenvalue weighted by molar-refractivity contribution is 5.69. The summed E-state index contributed by atoms with van der Waals surface area (Å²) >= 11 is 0. The number of carbonyl (C=O) groups is 1. The molecule has 86 valence electrons. The summed E-state index contributed by atoms with van der Waals surface area (Å²) in [4.78, 5) is 16.9. The maximum Gasteiger partial charge on any atom is 0.317 e. The molecule has 0 aliphatic carbocycles. The van der Waals surface area contributed by atoms with Gasteiger partial charge in [0.05, 0.1) is 6.54 Å². The third-order valence-corrected chi connectivity index (χ3v) is 3.05. The van der Waals surface area contributed by atoms with Crippen molar-refractivity contribution in [2.45, 2.75) is 18.8 Å². The number of nitrogens with zero attached hydrogens (tertiary/aromatic N) is 2. The normalized spacial score (nSPS) is 18.5. The van der Waals surface area contributed by atoms with Crippen molar-refractivity contribution in [2.75, 3.05) is 19.6 Å². The highest BCUT2D eigenvalue weighted by Crippen LogP contribution is 2.25. The van der Waals surface area contributed by atoms with Gasteiger partial charge in [0.1, 0.15) is 0 Å². The second kappa shape index (κ2) is 5.07. The molecule has 16 heavy (non-hydrogen) atoms. The van der Waals surface area contributed by atoms with Gasteiger partial charge in [0.15, 0.2) is 0 Å². The van der Waals surface area contributed by atoms with Gasteiger partial charge >= 0.3 is 5.97 Å². The van der Waals surface area contributed by atoms with Crippen molar-refractivity contribution in [1.29, 1.82) is 0 Å². The van der Waals surface area contributed by atoms with Gasteiger partial charge in [0.2, 0.25) is 0 Å². The Morgan fingerprint density at radius 3 is 2.75 bits per heavy atom. The molecule has 1 fully saturated rings. The number of likely N-dealkylation sites (tertiary alicyclic amines) is 1. The first-order chi connectivity index (χ1) is 7.75. The first kappa shape index (κ1) is 11.1. The van der Waals surface area contributed by atoms with E-state index in [1.54, 1.807) is 0 Å². The molecule has 0 bridgehead atoms. The Balaban J connectivity index is 1.88. The monoisotopic (exact) mass is 220 g/mol. The molecule has 0 aromatic carbocycles. The van der Waals surface area contributed by atoms with Crippen LogP contribution in [0.15, 0.2) is 24.4 Å². The number of piperidine rings is 1. The Morgan fingerprint density at radius 2 is 2.19 bits per heavy atom. The minimum Gasteiger partial charge on any atom is -0.480 e. The lowest BCUT2D eigenvalue weighted by Crippen LogP contribution is -2.36. The number of carboxylic acids is 1. The Bertz CT molecular complexity index is 345. The lowest BCUT2D eigenvalue weighted by atomic mass is 9.93. The summed E-state index contributed by atoms with van der Waals surface area (Å²) in [5.74, 6) is -0.248. The van der Waals surface area contributed by atoms with Gasteiger partial charge in [0.25, 0.3) is 0 Å². The van der Waals surface area contributed by atoms with Crippen molar-refractivity contribution < 1.29 is 9.90 Å². The lowest BCUT2D eigenvalue weighted by molar-refractivity contribution is -0.138. The maximum absolute atomic E-state index is 10.6. The molecule has 1 aromatic rings. The molecule has 1 aliphatic rings. The zero-order valence-electron chi connectivity index (χ0n) is 9.17. The van der Waals surface area contributed by atoms with Gasteiger partial charge in [0, 0.05) is 17.8 Å². The zero-order valence-corrected chi connectivity index (χ0v) is 9.17. The average molecular weight is 220 g/mol. The van der Waals surface area contributed by atoms with Crippen molar-refractivity contribution in [3.05, 3.63) is 30.1 Å². The van der Waals surface area contributed by atoms with Crippen molar-refractivity contribution in [1.82, 2.24) is 9.88 Å². The summed E-state index contributed by atoms with van der Waals surface area (Å²) in [5, 5.41) is 8.69. The number of carboxylic acid groups (broad SMARTS) is 1. The molecule has 0 saturated carbocycles. The van der Waals surface area contributed by atoms with E-state index in [0.29, 0.717) is 5.92 Å². The molecule has 4 nitrogen and oxygen atoms in total. The number of rotatable bonds is 3. The van der Waals surface area contributed by atoms with Crippen LogP contribution in [0.4, 0.5) is 0 Å². The van der Waals surface area contributed by atoms with E-state index < -0.39 is 5.97 Å². The number of pyridine rings is 1. The lowest BCUT2D eigenvalue weighted by Gasteiger charge is -2.30. The van der Waals surface area contributed by atoms with Gasteiger partial charge in [-0.3, -0.25) is 14.7 Å². The van der Waals surface area contributed by atoms with Crippen molar-refractivity contribution in [2.24, 2.45) is 0 Å². The summed E-state index contributed by atoms with van der Waals surface area (Å²) in [6.07, 6.45) is 3.83. The molecule has 0 atom stereocenters. The molecule has 2 rings (SSSR count). The Morgan fingerprint density at radius 1 is 1.44 bits per heavy atom. The van der Waals surface area contributed by atoms with E-state index in [4.69, 9.17) is 5.11 Å². The predicted molar refractivity (Wildman–Crippen MR) is 60.3 cm³/mol. The van der Waals surface area contributed by atoms with Crippen LogP contribution < -0.4 is 0 Å². The second-order valence-corrected chi connectivity index (χ2v) is 4.20. The summed E-state index contributed by atoms with van der Waals surface area (Å²) in [6, 6.07) is 5.98. The van der Waals surface area contributed by atoms with Gasteiger partial charge in [-0.05, 0) is 38.1 Å². The van der Waals surface area contributed by atoms with Gasteiger partial charge in [-0.2, -0.15) is 0 Å². The van der Waals surface area contributed by atoms with Crippen LogP contribution in [0.25, 0.3) is 0 Å². The molecule has 0 radical (unpaired) electrons. The highest BCUT2D eigenvalue weighted by atomic mass is 16.4.